The minimum Gasteiger partial charge on any atom is -0.260 e. The molecule has 7 nitrogen and oxygen atoms in total. The minimum atomic E-state index is -2.43. The summed E-state index contributed by atoms with van der Waals surface area (Å²) in [5.74, 6) is -2.43. The lowest BCUT2D eigenvalue weighted by molar-refractivity contribution is -0.565. The second-order valence-electron chi connectivity index (χ2n) is 1.77. The lowest BCUT2D eigenvalue weighted by atomic mass is 10.4. The van der Waals surface area contributed by atoms with Crippen LogP contribution >= 0.6 is 34.8 Å². The van der Waals surface area contributed by atoms with Crippen molar-refractivity contribution >= 4 is 34.8 Å². The highest BCUT2D eigenvalue weighted by Gasteiger charge is 2.64. The second-order valence-corrected chi connectivity index (χ2v) is 4.05. The Hall–Kier alpha value is -0.530. The molecule has 1 heterocycles. The molecule has 0 atom stereocenters. The standard InChI is InChI=1S/C2Cl3N5O2/c3-1(4,5)2(10(11)12)6-8-9-7-2. The zero-order chi connectivity index (χ0) is 9.41. The van der Waals surface area contributed by atoms with Crippen molar-refractivity contribution in [3.63, 3.8) is 0 Å². The van der Waals surface area contributed by atoms with E-state index in [0.717, 1.165) is 0 Å². The first-order valence-corrected chi connectivity index (χ1v) is 3.59. The van der Waals surface area contributed by atoms with Crippen LogP contribution in [0.15, 0.2) is 20.7 Å². The zero-order valence-electron chi connectivity index (χ0n) is 5.19. The Bertz CT molecular complexity index is 256. The van der Waals surface area contributed by atoms with Crippen molar-refractivity contribution in [2.75, 3.05) is 0 Å². The van der Waals surface area contributed by atoms with E-state index in [1.54, 1.807) is 0 Å². The predicted molar refractivity (Wildman–Crippen MR) is 39.7 cm³/mol. The molecule has 0 aromatic carbocycles. The minimum absolute atomic E-state index is 0.972. The van der Waals surface area contributed by atoms with Gasteiger partial charge >= 0.3 is 9.58 Å². The average molecular weight is 232 g/mol. The van der Waals surface area contributed by atoms with Gasteiger partial charge < -0.3 is 0 Å². The highest BCUT2D eigenvalue weighted by molar-refractivity contribution is 6.68. The van der Waals surface area contributed by atoms with Gasteiger partial charge in [-0.2, -0.15) is 0 Å². The molecule has 0 radical (unpaired) electrons. The molecule has 0 aliphatic carbocycles. The van der Waals surface area contributed by atoms with Crippen molar-refractivity contribution in [2.24, 2.45) is 20.7 Å². The van der Waals surface area contributed by atoms with Crippen molar-refractivity contribution in [2.45, 2.75) is 9.58 Å². The van der Waals surface area contributed by atoms with Crippen LogP contribution in [-0.4, -0.2) is 14.5 Å². The molecular formula is C2Cl3N5O2. The Balaban J connectivity index is 3.14. The maximum atomic E-state index is 10.4. The number of nitrogens with zero attached hydrogens (tertiary/aromatic N) is 5. The van der Waals surface area contributed by atoms with E-state index in [4.69, 9.17) is 34.8 Å². The molecule has 0 saturated heterocycles. The number of halogens is 3. The van der Waals surface area contributed by atoms with Gasteiger partial charge in [0.15, 0.2) is 0 Å². The molecule has 0 aromatic heterocycles. The van der Waals surface area contributed by atoms with Crippen molar-refractivity contribution in [1.82, 2.24) is 0 Å². The van der Waals surface area contributed by atoms with E-state index in [2.05, 4.69) is 20.7 Å². The molecule has 0 saturated carbocycles. The summed E-state index contributed by atoms with van der Waals surface area (Å²) in [6, 6.07) is 0. The molecular weight excluding hydrogens is 232 g/mol. The van der Waals surface area contributed by atoms with Crippen molar-refractivity contribution < 1.29 is 4.92 Å². The molecule has 0 fully saturated rings. The maximum absolute atomic E-state index is 10.4. The summed E-state index contributed by atoms with van der Waals surface area (Å²) in [5, 5.41) is 22.3. The van der Waals surface area contributed by atoms with Gasteiger partial charge in [-0.1, -0.05) is 45.0 Å². The molecule has 10 heteroatoms. The fourth-order valence-corrected chi connectivity index (χ4v) is 0.908. The van der Waals surface area contributed by atoms with Crippen molar-refractivity contribution in [3.8, 4) is 0 Å². The molecule has 66 valence electrons. The first-order valence-electron chi connectivity index (χ1n) is 2.45. The molecule has 1 aliphatic heterocycles. The first kappa shape index (κ1) is 9.56. The number of nitro groups is 1. The number of rotatable bonds is 1. The Morgan fingerprint density at radius 2 is 1.67 bits per heavy atom. The van der Waals surface area contributed by atoms with Gasteiger partial charge in [0.25, 0.3) is 0 Å². The number of hydrogen-bond acceptors (Lipinski definition) is 6. The molecule has 0 bridgehead atoms. The molecule has 0 aromatic rings. The van der Waals surface area contributed by atoms with Gasteiger partial charge in [-0.05, 0) is 10.4 Å². The van der Waals surface area contributed by atoms with Crippen LogP contribution in [0.5, 0.6) is 0 Å². The summed E-state index contributed by atoms with van der Waals surface area (Å²) in [6.45, 7) is 0. The molecule has 1 rings (SSSR count). The average Bonchev–Trinajstić information content (AvgIpc) is 2.31. The van der Waals surface area contributed by atoms with E-state index in [1.807, 2.05) is 0 Å². The largest absolute Gasteiger partial charge is 0.495 e. The van der Waals surface area contributed by atoms with Crippen molar-refractivity contribution in [3.05, 3.63) is 10.1 Å². The Kier molecular flexibility index (Phi) is 2.19. The number of alkyl halides is 3. The summed E-state index contributed by atoms with van der Waals surface area (Å²) in [6.07, 6.45) is 0. The van der Waals surface area contributed by atoms with Crippen LogP contribution in [0, 0.1) is 10.1 Å². The number of hydrogen-bond donors (Lipinski definition) is 0. The van der Waals surface area contributed by atoms with Crippen LogP contribution < -0.4 is 0 Å². The predicted octanol–water partition coefficient (Wildman–Crippen LogP) is 2.12. The Morgan fingerprint density at radius 3 is 1.83 bits per heavy atom. The molecule has 1 aliphatic rings. The van der Waals surface area contributed by atoms with Crippen LogP contribution in [0.2, 0.25) is 0 Å². The third-order valence-corrected chi connectivity index (χ3v) is 1.80. The third-order valence-electron chi connectivity index (χ3n) is 1.04. The van der Waals surface area contributed by atoms with Gasteiger partial charge in [-0.15, -0.1) is 0 Å². The second kappa shape index (κ2) is 2.75. The van der Waals surface area contributed by atoms with Gasteiger partial charge in [0.05, 0.1) is 4.92 Å². The molecule has 12 heavy (non-hydrogen) atoms. The summed E-state index contributed by atoms with van der Waals surface area (Å²) in [7, 11) is 0. The summed E-state index contributed by atoms with van der Waals surface area (Å²) in [5.41, 5.74) is 0. The SMILES string of the molecule is O=[N+]([O-])C1(C(Cl)(Cl)Cl)N=NN=N1. The zero-order valence-corrected chi connectivity index (χ0v) is 7.45. The monoisotopic (exact) mass is 231 g/mol. The third kappa shape index (κ3) is 1.23. The quantitative estimate of drug-likeness (QED) is 0.393. The molecule has 0 amide bonds. The normalized spacial score (nSPS) is 19.9. The van der Waals surface area contributed by atoms with E-state index < -0.39 is 14.5 Å². The van der Waals surface area contributed by atoms with E-state index >= 15 is 0 Å². The van der Waals surface area contributed by atoms with E-state index in [-0.39, 0.29) is 0 Å². The van der Waals surface area contributed by atoms with Crippen LogP contribution in [0.4, 0.5) is 0 Å². The summed E-state index contributed by atoms with van der Waals surface area (Å²) < 4.78 is -2.31. The molecule has 0 N–H and O–H groups in total. The van der Waals surface area contributed by atoms with Gasteiger partial charge in [-0.25, -0.2) is 0 Å². The fraction of sp³-hybridized carbons (Fsp3) is 1.00. The summed E-state index contributed by atoms with van der Waals surface area (Å²) >= 11 is 15.8. The van der Waals surface area contributed by atoms with Crippen molar-refractivity contribution in [1.29, 1.82) is 0 Å². The highest BCUT2D eigenvalue weighted by Crippen LogP contribution is 2.44. The van der Waals surface area contributed by atoms with Crippen LogP contribution in [0.1, 0.15) is 0 Å². The van der Waals surface area contributed by atoms with Crippen LogP contribution in [0.25, 0.3) is 0 Å². The first-order chi connectivity index (χ1) is 5.40. The smallest absolute Gasteiger partial charge is 0.260 e. The van der Waals surface area contributed by atoms with Crippen LogP contribution in [0.3, 0.4) is 0 Å². The highest BCUT2D eigenvalue weighted by atomic mass is 35.6. The lowest BCUT2D eigenvalue weighted by Crippen LogP contribution is -2.45. The maximum Gasteiger partial charge on any atom is 0.495 e. The molecule has 0 unspecified atom stereocenters. The van der Waals surface area contributed by atoms with Gasteiger partial charge in [0.1, 0.15) is 0 Å². The van der Waals surface area contributed by atoms with E-state index in [1.165, 1.54) is 0 Å². The molecule has 0 spiro atoms. The lowest BCUT2D eigenvalue weighted by Gasteiger charge is -2.17. The van der Waals surface area contributed by atoms with E-state index in [0.29, 0.717) is 0 Å². The fourth-order valence-electron chi connectivity index (χ4n) is 0.475. The van der Waals surface area contributed by atoms with Crippen LogP contribution in [-0.2, 0) is 0 Å². The van der Waals surface area contributed by atoms with Gasteiger partial charge in [0, 0.05) is 0 Å². The Labute approximate surface area is 80.5 Å². The Morgan fingerprint density at radius 1 is 1.25 bits per heavy atom. The van der Waals surface area contributed by atoms with E-state index in [9.17, 15) is 10.1 Å². The van der Waals surface area contributed by atoms with Gasteiger partial charge in [-0.3, -0.25) is 10.1 Å². The van der Waals surface area contributed by atoms with Gasteiger partial charge in [0.2, 0.25) is 0 Å². The summed E-state index contributed by atoms with van der Waals surface area (Å²) in [4.78, 5) is 9.44. The topological polar surface area (TPSA) is 92.6 Å².